The molecule has 2 heterocycles. The highest BCUT2D eigenvalue weighted by Crippen LogP contribution is 2.29. The zero-order valence-electron chi connectivity index (χ0n) is 10.9. The van der Waals surface area contributed by atoms with Crippen molar-refractivity contribution in [2.45, 2.75) is 51.7 Å². The van der Waals surface area contributed by atoms with Gasteiger partial charge in [0.1, 0.15) is 6.10 Å². The fraction of sp³-hybridized carbons (Fsp3) is 0.533. The van der Waals surface area contributed by atoms with Crippen LogP contribution in [0.5, 0.6) is 6.01 Å². The number of hydrogen-bond donors (Lipinski definition) is 0. The molecule has 0 saturated heterocycles. The fourth-order valence-electron chi connectivity index (χ4n) is 2.66. The van der Waals surface area contributed by atoms with Gasteiger partial charge in [0.25, 0.3) is 6.01 Å². The topological polar surface area (TPSA) is 27.1 Å². The van der Waals surface area contributed by atoms with E-state index in [0.717, 1.165) is 24.5 Å². The minimum Gasteiger partial charge on any atom is -0.459 e. The second-order valence-corrected chi connectivity index (χ2v) is 5.08. The van der Waals surface area contributed by atoms with Crippen LogP contribution in [0, 0.1) is 0 Å². The zero-order chi connectivity index (χ0) is 12.4. The maximum atomic E-state index is 5.92. The van der Waals surface area contributed by atoms with Crippen LogP contribution in [-0.4, -0.2) is 15.7 Å². The minimum atomic E-state index is 0.328. The van der Waals surface area contributed by atoms with Gasteiger partial charge in [0.15, 0.2) is 0 Å². The molecule has 0 radical (unpaired) electrons. The van der Waals surface area contributed by atoms with Gasteiger partial charge in [-0.05, 0) is 25.0 Å². The Labute approximate surface area is 108 Å². The van der Waals surface area contributed by atoms with E-state index >= 15 is 0 Å². The Morgan fingerprint density at radius 1 is 1.28 bits per heavy atom. The van der Waals surface area contributed by atoms with Gasteiger partial charge in [-0.25, -0.2) is 0 Å². The van der Waals surface area contributed by atoms with Crippen molar-refractivity contribution in [2.75, 3.05) is 0 Å². The van der Waals surface area contributed by atoms with Crippen LogP contribution in [0.15, 0.2) is 24.3 Å². The van der Waals surface area contributed by atoms with E-state index in [0.29, 0.717) is 6.10 Å². The first-order valence-corrected chi connectivity index (χ1v) is 7.00. The molecule has 0 amide bonds. The van der Waals surface area contributed by atoms with E-state index in [9.17, 15) is 0 Å². The quantitative estimate of drug-likeness (QED) is 0.749. The molecule has 3 nitrogen and oxygen atoms in total. The minimum absolute atomic E-state index is 0.328. The van der Waals surface area contributed by atoms with E-state index in [1.807, 2.05) is 12.1 Å². The highest BCUT2D eigenvalue weighted by Gasteiger charge is 2.25. The normalized spacial score (nSPS) is 17.9. The molecule has 3 heteroatoms. The van der Waals surface area contributed by atoms with Gasteiger partial charge in [-0.3, -0.25) is 4.57 Å². The molecule has 1 aromatic heterocycles. The van der Waals surface area contributed by atoms with Crippen molar-refractivity contribution in [3.05, 3.63) is 24.3 Å². The Morgan fingerprint density at radius 3 is 3.06 bits per heavy atom. The molecule has 96 valence electrons. The molecule has 0 bridgehead atoms. The Hall–Kier alpha value is -1.51. The van der Waals surface area contributed by atoms with Crippen molar-refractivity contribution in [3.8, 4) is 6.01 Å². The second-order valence-electron chi connectivity index (χ2n) is 5.08. The standard InChI is InChI=1S/C15H20N2O/c1-2-3-4-5-8-12-11-17-14-10-7-6-9-13(14)16-15(17)18-12/h6-7,9-10,12H,2-5,8,11H2,1H3/t12-/m0/s1. The Kier molecular flexibility index (Phi) is 3.22. The number of unbranched alkanes of at least 4 members (excludes halogenated alkanes) is 3. The summed E-state index contributed by atoms with van der Waals surface area (Å²) in [5.41, 5.74) is 2.24. The Morgan fingerprint density at radius 2 is 2.17 bits per heavy atom. The van der Waals surface area contributed by atoms with Gasteiger partial charge in [0.2, 0.25) is 0 Å². The third-order valence-electron chi connectivity index (χ3n) is 3.66. The highest BCUT2D eigenvalue weighted by molar-refractivity contribution is 5.76. The molecule has 2 aromatic rings. The van der Waals surface area contributed by atoms with Gasteiger partial charge in [-0.1, -0.05) is 38.3 Å². The first kappa shape index (κ1) is 11.6. The molecular weight excluding hydrogens is 224 g/mol. The van der Waals surface area contributed by atoms with Crippen LogP contribution in [0.2, 0.25) is 0 Å². The lowest BCUT2D eigenvalue weighted by atomic mass is 10.1. The Balaban J connectivity index is 1.65. The summed E-state index contributed by atoms with van der Waals surface area (Å²) in [6.07, 6.45) is 6.69. The number of para-hydroxylation sites is 2. The van der Waals surface area contributed by atoms with E-state index in [2.05, 4.69) is 28.6 Å². The summed E-state index contributed by atoms with van der Waals surface area (Å²) in [5.74, 6) is 0. The summed E-state index contributed by atoms with van der Waals surface area (Å²) in [7, 11) is 0. The Bertz CT molecular complexity index is 532. The van der Waals surface area contributed by atoms with Crippen molar-refractivity contribution in [1.82, 2.24) is 9.55 Å². The van der Waals surface area contributed by atoms with Crippen LogP contribution in [0.4, 0.5) is 0 Å². The third-order valence-corrected chi connectivity index (χ3v) is 3.66. The van der Waals surface area contributed by atoms with Gasteiger partial charge in [0, 0.05) is 0 Å². The van der Waals surface area contributed by atoms with E-state index < -0.39 is 0 Å². The van der Waals surface area contributed by atoms with Crippen molar-refractivity contribution in [3.63, 3.8) is 0 Å². The lowest BCUT2D eigenvalue weighted by Crippen LogP contribution is -2.14. The molecule has 0 spiro atoms. The second kappa shape index (κ2) is 5.01. The van der Waals surface area contributed by atoms with Crippen LogP contribution in [-0.2, 0) is 6.54 Å². The van der Waals surface area contributed by atoms with Crippen LogP contribution in [0.3, 0.4) is 0 Å². The third kappa shape index (κ3) is 2.09. The van der Waals surface area contributed by atoms with Crippen molar-refractivity contribution in [1.29, 1.82) is 0 Å². The molecule has 1 atom stereocenters. The van der Waals surface area contributed by atoms with Gasteiger partial charge in [-0.15, -0.1) is 0 Å². The lowest BCUT2D eigenvalue weighted by molar-refractivity contribution is 0.209. The number of fused-ring (bicyclic) bond motifs is 3. The van der Waals surface area contributed by atoms with Crippen molar-refractivity contribution >= 4 is 11.0 Å². The summed E-state index contributed by atoms with van der Waals surface area (Å²) in [5, 5.41) is 0. The summed E-state index contributed by atoms with van der Waals surface area (Å²) in [4.78, 5) is 4.53. The predicted octanol–water partition coefficient (Wildman–Crippen LogP) is 3.77. The molecule has 1 aromatic carbocycles. The number of rotatable bonds is 5. The van der Waals surface area contributed by atoms with E-state index in [1.54, 1.807) is 0 Å². The zero-order valence-corrected chi connectivity index (χ0v) is 10.9. The van der Waals surface area contributed by atoms with E-state index in [1.165, 1.54) is 31.2 Å². The van der Waals surface area contributed by atoms with Crippen LogP contribution in [0.25, 0.3) is 11.0 Å². The number of nitrogens with zero attached hydrogens (tertiary/aromatic N) is 2. The number of benzene rings is 1. The largest absolute Gasteiger partial charge is 0.459 e. The summed E-state index contributed by atoms with van der Waals surface area (Å²) >= 11 is 0. The SMILES string of the molecule is CCCCCC[C@H]1Cn2c(nc3ccccc32)O1. The maximum Gasteiger partial charge on any atom is 0.297 e. The molecule has 3 rings (SSSR count). The fourth-order valence-corrected chi connectivity index (χ4v) is 2.66. The molecule has 0 saturated carbocycles. The molecule has 1 aliphatic rings. The van der Waals surface area contributed by atoms with Gasteiger partial charge < -0.3 is 4.74 Å². The summed E-state index contributed by atoms with van der Waals surface area (Å²) < 4.78 is 8.13. The maximum absolute atomic E-state index is 5.92. The summed E-state index contributed by atoms with van der Waals surface area (Å²) in [6.45, 7) is 3.20. The van der Waals surface area contributed by atoms with Crippen LogP contribution < -0.4 is 4.74 Å². The number of aromatic nitrogens is 2. The van der Waals surface area contributed by atoms with Crippen molar-refractivity contribution in [2.24, 2.45) is 0 Å². The number of ether oxygens (including phenoxy) is 1. The summed E-state index contributed by atoms with van der Waals surface area (Å²) in [6, 6.07) is 9.05. The molecular formula is C15H20N2O. The lowest BCUT2D eigenvalue weighted by Gasteiger charge is -2.08. The molecule has 0 N–H and O–H groups in total. The monoisotopic (exact) mass is 244 g/mol. The molecule has 0 aliphatic carbocycles. The number of hydrogen-bond acceptors (Lipinski definition) is 2. The van der Waals surface area contributed by atoms with E-state index in [-0.39, 0.29) is 0 Å². The predicted molar refractivity (Wildman–Crippen MR) is 72.9 cm³/mol. The average molecular weight is 244 g/mol. The van der Waals surface area contributed by atoms with Crippen LogP contribution >= 0.6 is 0 Å². The van der Waals surface area contributed by atoms with E-state index in [4.69, 9.17) is 4.74 Å². The van der Waals surface area contributed by atoms with Gasteiger partial charge >= 0.3 is 0 Å². The number of imidazole rings is 1. The molecule has 0 unspecified atom stereocenters. The molecule has 1 aliphatic heterocycles. The average Bonchev–Trinajstić information content (AvgIpc) is 2.91. The molecule has 0 fully saturated rings. The van der Waals surface area contributed by atoms with Gasteiger partial charge in [-0.2, -0.15) is 4.98 Å². The van der Waals surface area contributed by atoms with Crippen LogP contribution in [0.1, 0.15) is 39.0 Å². The first-order chi connectivity index (χ1) is 8.88. The van der Waals surface area contributed by atoms with Gasteiger partial charge in [0.05, 0.1) is 17.6 Å². The first-order valence-electron chi connectivity index (χ1n) is 7.00. The van der Waals surface area contributed by atoms with Crippen molar-refractivity contribution < 1.29 is 4.74 Å². The smallest absolute Gasteiger partial charge is 0.297 e. The highest BCUT2D eigenvalue weighted by atomic mass is 16.5. The molecule has 18 heavy (non-hydrogen) atoms.